The van der Waals surface area contributed by atoms with Crippen LogP contribution in [-0.2, 0) is 10.3 Å². The van der Waals surface area contributed by atoms with Crippen LogP contribution in [0.1, 0.15) is 31.7 Å². The van der Waals surface area contributed by atoms with Crippen molar-refractivity contribution >= 4 is 5.91 Å². The van der Waals surface area contributed by atoms with Gasteiger partial charge in [-0.25, -0.2) is 0 Å². The summed E-state index contributed by atoms with van der Waals surface area (Å²) in [5.74, 6) is 0.958. The molecule has 0 unspecified atom stereocenters. The summed E-state index contributed by atoms with van der Waals surface area (Å²) in [6, 6.07) is 7.89. The fourth-order valence-corrected chi connectivity index (χ4v) is 1.98. The summed E-state index contributed by atoms with van der Waals surface area (Å²) in [6.45, 7) is 1.87. The molecule has 0 radical (unpaired) electrons. The van der Waals surface area contributed by atoms with Crippen LogP contribution in [0.5, 0.6) is 5.75 Å². The second kappa shape index (κ2) is 4.16. The molecule has 1 aromatic rings. The molecule has 3 heteroatoms. The third-order valence-electron chi connectivity index (χ3n) is 3.07. The number of carbonyl (C=O) groups excluding carboxylic acids is 1. The van der Waals surface area contributed by atoms with Crippen molar-refractivity contribution in [2.24, 2.45) is 0 Å². The third kappa shape index (κ3) is 1.90. The molecule has 1 amide bonds. The molecule has 0 heterocycles. The Morgan fingerprint density at radius 1 is 1.44 bits per heavy atom. The molecule has 0 aliphatic heterocycles. The van der Waals surface area contributed by atoms with Gasteiger partial charge < -0.3 is 10.1 Å². The Hall–Kier alpha value is -1.51. The lowest BCUT2D eigenvalue weighted by molar-refractivity contribution is -0.121. The number of nitrogens with one attached hydrogen (secondary N) is 1. The molecule has 0 bridgehead atoms. The maximum atomic E-state index is 11.5. The van der Waals surface area contributed by atoms with E-state index in [9.17, 15) is 4.79 Å². The van der Waals surface area contributed by atoms with E-state index in [0.29, 0.717) is 6.42 Å². The highest BCUT2D eigenvalue weighted by Gasteiger charge is 2.47. The maximum absolute atomic E-state index is 11.5. The molecule has 1 fully saturated rings. The van der Waals surface area contributed by atoms with Gasteiger partial charge in [0, 0.05) is 12.0 Å². The van der Waals surface area contributed by atoms with E-state index in [-0.39, 0.29) is 11.4 Å². The van der Waals surface area contributed by atoms with Gasteiger partial charge >= 0.3 is 0 Å². The second-order valence-electron chi connectivity index (χ2n) is 4.18. The van der Waals surface area contributed by atoms with Gasteiger partial charge in [-0.3, -0.25) is 4.79 Å². The first kappa shape index (κ1) is 11.0. The lowest BCUT2D eigenvalue weighted by Gasteiger charge is -2.20. The first-order valence-corrected chi connectivity index (χ1v) is 5.66. The molecule has 0 atom stereocenters. The Morgan fingerprint density at radius 2 is 2.12 bits per heavy atom. The van der Waals surface area contributed by atoms with Crippen molar-refractivity contribution in [1.29, 1.82) is 0 Å². The van der Waals surface area contributed by atoms with Gasteiger partial charge in [0.1, 0.15) is 5.75 Å². The summed E-state index contributed by atoms with van der Waals surface area (Å²) in [6.07, 6.45) is 2.52. The van der Waals surface area contributed by atoms with E-state index in [1.807, 2.05) is 31.2 Å². The van der Waals surface area contributed by atoms with E-state index in [4.69, 9.17) is 4.74 Å². The molecule has 0 spiro atoms. The molecule has 1 aliphatic carbocycles. The Morgan fingerprint density at radius 3 is 2.69 bits per heavy atom. The minimum Gasteiger partial charge on any atom is -0.496 e. The molecule has 86 valence electrons. The molecular formula is C13H17NO2. The Bertz CT molecular complexity index is 397. The van der Waals surface area contributed by atoms with Crippen LogP contribution in [0, 0.1) is 0 Å². The zero-order valence-corrected chi connectivity index (χ0v) is 9.75. The number of hydrogen-bond donors (Lipinski definition) is 1. The first-order chi connectivity index (χ1) is 7.72. The van der Waals surface area contributed by atoms with Crippen LogP contribution in [0.2, 0.25) is 0 Å². The molecule has 1 saturated carbocycles. The number of benzene rings is 1. The van der Waals surface area contributed by atoms with Crippen molar-refractivity contribution in [3.8, 4) is 5.75 Å². The van der Waals surface area contributed by atoms with Crippen LogP contribution in [0.25, 0.3) is 0 Å². The van der Waals surface area contributed by atoms with E-state index in [1.54, 1.807) is 7.11 Å². The van der Waals surface area contributed by atoms with Crippen molar-refractivity contribution in [3.63, 3.8) is 0 Å². The summed E-state index contributed by atoms with van der Waals surface area (Å²) in [5.41, 5.74) is 0.930. The third-order valence-corrected chi connectivity index (χ3v) is 3.07. The van der Waals surface area contributed by atoms with Crippen molar-refractivity contribution in [2.75, 3.05) is 7.11 Å². The normalized spacial score (nSPS) is 16.6. The lowest BCUT2D eigenvalue weighted by Crippen LogP contribution is -2.34. The van der Waals surface area contributed by atoms with Gasteiger partial charge in [-0.15, -0.1) is 0 Å². The van der Waals surface area contributed by atoms with E-state index in [1.165, 1.54) is 0 Å². The zero-order chi connectivity index (χ0) is 11.6. The van der Waals surface area contributed by atoms with E-state index >= 15 is 0 Å². The highest BCUT2D eigenvalue weighted by molar-refractivity contribution is 5.77. The van der Waals surface area contributed by atoms with Crippen LogP contribution < -0.4 is 10.1 Å². The van der Waals surface area contributed by atoms with E-state index in [2.05, 4.69) is 5.32 Å². The zero-order valence-electron chi connectivity index (χ0n) is 9.75. The summed E-state index contributed by atoms with van der Waals surface area (Å²) in [4.78, 5) is 11.5. The van der Waals surface area contributed by atoms with Gasteiger partial charge in [-0.1, -0.05) is 25.1 Å². The van der Waals surface area contributed by atoms with Crippen molar-refractivity contribution in [2.45, 2.75) is 31.7 Å². The van der Waals surface area contributed by atoms with E-state index in [0.717, 1.165) is 24.2 Å². The summed E-state index contributed by atoms with van der Waals surface area (Å²) in [5, 5.41) is 3.09. The number of amides is 1. The van der Waals surface area contributed by atoms with Gasteiger partial charge in [0.05, 0.1) is 12.6 Å². The number of carbonyl (C=O) groups is 1. The Labute approximate surface area is 95.8 Å². The molecule has 3 nitrogen and oxygen atoms in total. The smallest absolute Gasteiger partial charge is 0.220 e. The fourth-order valence-electron chi connectivity index (χ4n) is 1.98. The molecule has 1 N–H and O–H groups in total. The number of para-hydroxylation sites is 1. The molecule has 16 heavy (non-hydrogen) atoms. The predicted molar refractivity (Wildman–Crippen MR) is 62.3 cm³/mol. The second-order valence-corrected chi connectivity index (χ2v) is 4.18. The molecule has 1 aromatic carbocycles. The van der Waals surface area contributed by atoms with Gasteiger partial charge in [0.2, 0.25) is 5.91 Å². The molecular weight excluding hydrogens is 202 g/mol. The largest absolute Gasteiger partial charge is 0.496 e. The standard InChI is InChI=1S/C13H17NO2/c1-3-12(15)14-13(8-9-13)10-6-4-5-7-11(10)16-2/h4-7H,3,8-9H2,1-2H3,(H,14,15). The van der Waals surface area contributed by atoms with Gasteiger partial charge in [-0.05, 0) is 18.9 Å². The first-order valence-electron chi connectivity index (χ1n) is 5.66. The summed E-state index contributed by atoms with van der Waals surface area (Å²) in [7, 11) is 1.66. The molecule has 0 saturated heterocycles. The highest BCUT2D eigenvalue weighted by Crippen LogP contribution is 2.48. The van der Waals surface area contributed by atoms with Crippen molar-refractivity contribution in [1.82, 2.24) is 5.32 Å². The number of methoxy groups -OCH3 is 1. The highest BCUT2D eigenvalue weighted by atomic mass is 16.5. The SMILES string of the molecule is CCC(=O)NC1(c2ccccc2OC)CC1. The van der Waals surface area contributed by atoms with Crippen LogP contribution in [0.3, 0.4) is 0 Å². The monoisotopic (exact) mass is 219 g/mol. The maximum Gasteiger partial charge on any atom is 0.220 e. The Kier molecular flexibility index (Phi) is 2.86. The van der Waals surface area contributed by atoms with Gasteiger partial charge in [-0.2, -0.15) is 0 Å². The number of ether oxygens (including phenoxy) is 1. The fraction of sp³-hybridized carbons (Fsp3) is 0.462. The number of hydrogen-bond acceptors (Lipinski definition) is 2. The van der Waals surface area contributed by atoms with Crippen molar-refractivity contribution in [3.05, 3.63) is 29.8 Å². The minimum atomic E-state index is -0.167. The topological polar surface area (TPSA) is 38.3 Å². The Balaban J connectivity index is 2.26. The van der Waals surface area contributed by atoms with Crippen LogP contribution >= 0.6 is 0 Å². The molecule has 0 aromatic heterocycles. The van der Waals surface area contributed by atoms with Gasteiger partial charge in [0.15, 0.2) is 0 Å². The van der Waals surface area contributed by atoms with Crippen LogP contribution in [0.15, 0.2) is 24.3 Å². The van der Waals surface area contributed by atoms with Gasteiger partial charge in [0.25, 0.3) is 0 Å². The lowest BCUT2D eigenvalue weighted by atomic mass is 10.0. The van der Waals surface area contributed by atoms with Crippen LogP contribution in [0.4, 0.5) is 0 Å². The number of rotatable bonds is 4. The van der Waals surface area contributed by atoms with Crippen LogP contribution in [-0.4, -0.2) is 13.0 Å². The molecule has 1 aliphatic rings. The van der Waals surface area contributed by atoms with E-state index < -0.39 is 0 Å². The summed E-state index contributed by atoms with van der Waals surface area (Å²) < 4.78 is 5.34. The minimum absolute atomic E-state index is 0.100. The summed E-state index contributed by atoms with van der Waals surface area (Å²) >= 11 is 0. The average Bonchev–Trinajstić information content (AvgIpc) is 3.09. The average molecular weight is 219 g/mol. The predicted octanol–water partition coefficient (Wildman–Crippen LogP) is 2.21. The van der Waals surface area contributed by atoms with Crippen molar-refractivity contribution < 1.29 is 9.53 Å². The quantitative estimate of drug-likeness (QED) is 0.843. The molecule has 2 rings (SSSR count).